The third kappa shape index (κ3) is 7.77. The Labute approximate surface area is 256 Å². The molecule has 0 fully saturated rings. The van der Waals surface area contributed by atoms with Gasteiger partial charge in [0.15, 0.2) is 0 Å². The van der Waals surface area contributed by atoms with Crippen LogP contribution in [0.3, 0.4) is 0 Å². The molecule has 1 N–H and O–H groups in total. The van der Waals surface area contributed by atoms with Crippen LogP contribution < -0.4 is 0 Å². The first-order valence-electron chi connectivity index (χ1n) is 14.2. The first-order chi connectivity index (χ1) is 22.2. The lowest BCUT2D eigenvalue weighted by Crippen LogP contribution is -2.37. The molecule has 5 rings (SSSR count). The Hall–Kier alpha value is -3.93. The molecular formula is C29H30N6O7P2. The molecule has 0 bridgehead atoms. The average Bonchev–Trinajstić information content (AvgIpc) is 3.66. The molecule has 0 unspecified atom stereocenters. The van der Waals surface area contributed by atoms with E-state index in [1.165, 1.54) is 55.8 Å². The van der Waals surface area contributed by atoms with Gasteiger partial charge < -0.3 is 27.8 Å². The van der Waals surface area contributed by atoms with Gasteiger partial charge in [0, 0.05) is 62.0 Å². The van der Waals surface area contributed by atoms with Crippen molar-refractivity contribution in [2.75, 3.05) is 0 Å². The summed E-state index contributed by atoms with van der Waals surface area (Å²) < 4.78 is 73.1. The van der Waals surface area contributed by atoms with E-state index in [-0.39, 0.29) is 0 Å². The zero-order valence-corrected chi connectivity index (χ0v) is 25.1. The van der Waals surface area contributed by atoms with Crippen molar-refractivity contribution < 1.29 is 35.1 Å². The van der Waals surface area contributed by atoms with Crippen molar-refractivity contribution in [1.82, 2.24) is 29.5 Å². The maximum Gasteiger partial charge on any atom is 0.377 e. The zero-order valence-electron chi connectivity index (χ0n) is 25.3. The van der Waals surface area contributed by atoms with Crippen molar-refractivity contribution in [2.45, 2.75) is 38.0 Å². The van der Waals surface area contributed by atoms with Crippen LogP contribution in [0.1, 0.15) is 25.0 Å². The standard InChI is InChI=1S/C29H30N6O7P2/c36-29(23-35-18-17-34-24-35,43(37,39-19-25-1-9-30-10-2-25)40-20-26-3-11-31-12-4-26)44(38,41-21-27-5-13-32-14-6-27)42-22-28-7-15-33-16-8-28/h1-18,24,36H,19-23H2/i23D2. The molecule has 5 heterocycles. The summed E-state index contributed by atoms with van der Waals surface area (Å²) in [4.78, 5) is 19.7. The highest BCUT2D eigenvalue weighted by Gasteiger charge is 2.65. The monoisotopic (exact) mass is 638 g/mol. The zero-order chi connectivity index (χ0) is 32.5. The molecule has 13 nitrogen and oxygen atoms in total. The SMILES string of the molecule is [2H]C([2H])(n1ccnc1)C(O)(P(=O)(OCc1ccncc1)OCc1ccncc1)P(=O)(OCc1ccncc1)OCc1ccncc1. The first kappa shape index (κ1) is 28.8. The minimum Gasteiger partial charge on any atom is -0.366 e. The van der Waals surface area contributed by atoms with Crippen molar-refractivity contribution in [2.24, 2.45) is 0 Å². The Bertz CT molecular complexity index is 1560. The van der Waals surface area contributed by atoms with E-state index < -0.39 is 53.2 Å². The van der Waals surface area contributed by atoms with E-state index in [1.807, 2.05) is 0 Å². The Morgan fingerprint density at radius 3 is 1.18 bits per heavy atom. The van der Waals surface area contributed by atoms with Crippen LogP contribution in [0.15, 0.2) is 117 Å². The van der Waals surface area contributed by atoms with E-state index in [4.69, 9.17) is 18.1 Å². The Morgan fingerprint density at radius 1 is 0.591 bits per heavy atom. The molecule has 0 radical (unpaired) electrons. The Balaban J connectivity index is 1.66. The second kappa shape index (κ2) is 14.7. The van der Waals surface area contributed by atoms with Crippen LogP contribution in [0.5, 0.6) is 0 Å². The molecule has 15 heteroatoms. The van der Waals surface area contributed by atoms with Gasteiger partial charge in [0.2, 0.25) is 0 Å². The van der Waals surface area contributed by atoms with Gasteiger partial charge in [-0.15, -0.1) is 0 Å². The second-order valence-corrected chi connectivity index (χ2v) is 13.9. The van der Waals surface area contributed by atoms with Gasteiger partial charge in [0.1, 0.15) is 0 Å². The fourth-order valence-corrected chi connectivity index (χ4v) is 8.27. The molecule has 228 valence electrons. The lowest BCUT2D eigenvalue weighted by Gasteiger charge is -2.38. The number of pyridine rings is 4. The third-order valence-electron chi connectivity index (χ3n) is 6.15. The third-order valence-corrected chi connectivity index (χ3v) is 11.2. The summed E-state index contributed by atoms with van der Waals surface area (Å²) in [6.45, 7) is -5.04. The van der Waals surface area contributed by atoms with Crippen molar-refractivity contribution in [3.8, 4) is 0 Å². The molecule has 0 aliphatic carbocycles. The fourth-order valence-electron chi connectivity index (χ4n) is 3.76. The van der Waals surface area contributed by atoms with Crippen molar-refractivity contribution in [1.29, 1.82) is 0 Å². The van der Waals surface area contributed by atoms with Gasteiger partial charge in [0.25, 0.3) is 5.08 Å². The number of rotatable bonds is 16. The highest BCUT2D eigenvalue weighted by molar-refractivity contribution is 7.73. The lowest BCUT2D eigenvalue weighted by molar-refractivity contribution is 0.0595. The van der Waals surface area contributed by atoms with Gasteiger partial charge in [-0.25, -0.2) is 4.98 Å². The second-order valence-electron chi connectivity index (χ2n) is 9.23. The van der Waals surface area contributed by atoms with Gasteiger partial charge in [-0.1, -0.05) is 0 Å². The highest BCUT2D eigenvalue weighted by Crippen LogP contribution is 2.78. The van der Waals surface area contributed by atoms with Crippen molar-refractivity contribution in [3.05, 3.63) is 139 Å². The molecule has 0 spiro atoms. The number of hydrogen-bond donors (Lipinski definition) is 1. The van der Waals surface area contributed by atoms with Crippen LogP contribution >= 0.6 is 15.2 Å². The van der Waals surface area contributed by atoms with Crippen LogP contribution in [0.25, 0.3) is 0 Å². The lowest BCUT2D eigenvalue weighted by atomic mass is 10.3. The van der Waals surface area contributed by atoms with Gasteiger partial charge in [-0.05, 0) is 70.8 Å². The summed E-state index contributed by atoms with van der Waals surface area (Å²) >= 11 is 0. The van der Waals surface area contributed by atoms with Gasteiger partial charge >= 0.3 is 15.2 Å². The number of imidazole rings is 1. The number of hydrogen-bond acceptors (Lipinski definition) is 12. The summed E-state index contributed by atoms with van der Waals surface area (Å²) in [6, 6.07) is 12.5. The van der Waals surface area contributed by atoms with E-state index in [9.17, 15) is 7.85 Å². The Morgan fingerprint density at radius 2 is 0.909 bits per heavy atom. The molecule has 0 aliphatic heterocycles. The number of aromatic nitrogens is 6. The summed E-state index contributed by atoms with van der Waals surface area (Å²) in [5.74, 6) is 0. The molecule has 0 saturated heterocycles. The average molecular weight is 639 g/mol. The fraction of sp³-hybridized carbons (Fsp3) is 0.207. The number of nitrogens with zero attached hydrogens (tertiary/aromatic N) is 6. The van der Waals surface area contributed by atoms with Crippen LogP contribution in [0, 0.1) is 0 Å². The largest absolute Gasteiger partial charge is 0.377 e. The van der Waals surface area contributed by atoms with E-state index >= 15 is 9.13 Å². The molecule has 0 amide bonds. The quantitative estimate of drug-likeness (QED) is 0.138. The summed E-state index contributed by atoms with van der Waals surface area (Å²) in [5, 5.41) is 9.13. The first-order valence-corrected chi connectivity index (χ1v) is 16.3. The summed E-state index contributed by atoms with van der Waals surface area (Å²) in [6.07, 6.45) is 15.2. The Kier molecular flexibility index (Phi) is 9.63. The summed E-state index contributed by atoms with van der Waals surface area (Å²) in [7, 11) is -10.7. The maximum atomic E-state index is 15.2. The summed E-state index contributed by atoms with van der Waals surface area (Å²) in [5.41, 5.74) is 1.83. The van der Waals surface area contributed by atoms with E-state index in [1.54, 1.807) is 48.5 Å². The highest BCUT2D eigenvalue weighted by atomic mass is 31.2. The molecule has 44 heavy (non-hydrogen) atoms. The van der Waals surface area contributed by atoms with Gasteiger partial charge in [0.05, 0.1) is 42.0 Å². The predicted molar refractivity (Wildman–Crippen MR) is 158 cm³/mol. The van der Waals surface area contributed by atoms with Crippen LogP contribution in [-0.4, -0.2) is 39.7 Å². The van der Waals surface area contributed by atoms with Crippen LogP contribution in [0.4, 0.5) is 0 Å². The van der Waals surface area contributed by atoms with E-state index in [0.717, 1.165) is 17.1 Å². The number of aliphatic hydroxyl groups is 1. The predicted octanol–water partition coefficient (Wildman–Crippen LogP) is 5.36. The maximum absolute atomic E-state index is 15.2. The normalized spacial score (nSPS) is 13.3. The van der Waals surface area contributed by atoms with Crippen LogP contribution in [-0.2, 0) is 60.1 Å². The van der Waals surface area contributed by atoms with Gasteiger partial charge in [-0.2, -0.15) is 0 Å². The van der Waals surface area contributed by atoms with Crippen molar-refractivity contribution >= 4 is 15.2 Å². The van der Waals surface area contributed by atoms with Crippen LogP contribution in [0.2, 0.25) is 0 Å². The van der Waals surface area contributed by atoms with Gasteiger partial charge in [-0.3, -0.25) is 29.1 Å². The molecule has 5 aromatic rings. The minimum absolute atomic E-state index is 0.451. The molecule has 0 aromatic carbocycles. The van der Waals surface area contributed by atoms with E-state index in [2.05, 4.69) is 24.9 Å². The molecule has 0 saturated carbocycles. The molecule has 0 aliphatic rings. The minimum atomic E-state index is -5.35. The molecular weight excluding hydrogens is 606 g/mol. The molecule has 5 aromatic heterocycles. The molecule has 0 atom stereocenters. The smallest absolute Gasteiger partial charge is 0.366 e. The topological polar surface area (TPSA) is 161 Å². The van der Waals surface area contributed by atoms with Crippen molar-refractivity contribution in [3.63, 3.8) is 0 Å². The van der Waals surface area contributed by atoms with E-state index in [0.29, 0.717) is 22.3 Å².